The summed E-state index contributed by atoms with van der Waals surface area (Å²) in [5.41, 5.74) is 6.11. The van der Waals surface area contributed by atoms with Crippen molar-refractivity contribution in [3.8, 4) is 0 Å². The molecule has 0 spiro atoms. The molecule has 1 aromatic rings. The lowest BCUT2D eigenvalue weighted by atomic mass is 9.86. The van der Waals surface area contributed by atoms with Gasteiger partial charge in [-0.15, -0.1) is 0 Å². The number of halogens is 1. The van der Waals surface area contributed by atoms with Crippen molar-refractivity contribution in [2.75, 3.05) is 12.3 Å². The maximum Gasteiger partial charge on any atom is 0.240 e. The Morgan fingerprint density at radius 3 is 2.70 bits per heavy atom. The summed E-state index contributed by atoms with van der Waals surface area (Å²) >= 11 is 3.24. The topological polar surface area (TPSA) is 92.4 Å². The molecule has 2 rings (SSSR count). The molecule has 0 aliphatic heterocycles. The van der Waals surface area contributed by atoms with Gasteiger partial charge in [0.05, 0.1) is 4.90 Å². The molecule has 1 aromatic carbocycles. The van der Waals surface area contributed by atoms with Crippen LogP contribution in [0.15, 0.2) is 27.6 Å². The van der Waals surface area contributed by atoms with Gasteiger partial charge < -0.3 is 10.8 Å². The summed E-state index contributed by atoms with van der Waals surface area (Å²) in [6.45, 7) is 0.00959. The van der Waals surface area contributed by atoms with E-state index >= 15 is 0 Å². The van der Waals surface area contributed by atoms with Crippen molar-refractivity contribution < 1.29 is 13.5 Å². The average molecular weight is 363 g/mol. The van der Waals surface area contributed by atoms with Gasteiger partial charge in [-0.25, -0.2) is 13.1 Å². The van der Waals surface area contributed by atoms with Gasteiger partial charge in [-0.1, -0.05) is 12.8 Å². The van der Waals surface area contributed by atoms with E-state index in [0.717, 1.165) is 25.7 Å². The quantitative estimate of drug-likeness (QED) is 0.712. The Morgan fingerprint density at radius 2 is 2.05 bits per heavy atom. The van der Waals surface area contributed by atoms with Gasteiger partial charge in [-0.2, -0.15) is 0 Å². The maximum absolute atomic E-state index is 12.4. The Kier molecular flexibility index (Phi) is 5.06. The Labute approximate surface area is 127 Å². The standard InChI is InChI=1S/C13H19BrN2O3S/c14-11-6-5-10(7-12(11)15)20(18,19)16-13-4-2-1-3-9(13)8-17/h5-7,9,13,16-17H,1-4,8,15H2. The summed E-state index contributed by atoms with van der Waals surface area (Å²) < 4.78 is 28.1. The molecule has 112 valence electrons. The molecule has 2 atom stereocenters. The van der Waals surface area contributed by atoms with Crippen molar-refractivity contribution in [2.24, 2.45) is 5.92 Å². The number of aliphatic hydroxyl groups is 1. The van der Waals surface area contributed by atoms with Crippen LogP contribution in [0.2, 0.25) is 0 Å². The first-order valence-electron chi connectivity index (χ1n) is 6.62. The van der Waals surface area contributed by atoms with Gasteiger partial charge in [-0.05, 0) is 52.9 Å². The predicted octanol–water partition coefficient (Wildman–Crippen LogP) is 1.86. The molecule has 20 heavy (non-hydrogen) atoms. The minimum Gasteiger partial charge on any atom is -0.398 e. The lowest BCUT2D eigenvalue weighted by Gasteiger charge is -2.30. The summed E-state index contributed by atoms with van der Waals surface area (Å²) in [5, 5.41) is 9.35. The number of hydrogen-bond donors (Lipinski definition) is 3. The van der Waals surface area contributed by atoms with Gasteiger partial charge in [0.2, 0.25) is 10.0 Å². The van der Waals surface area contributed by atoms with Crippen LogP contribution in [-0.2, 0) is 10.0 Å². The number of anilines is 1. The molecular weight excluding hydrogens is 344 g/mol. The molecule has 1 aliphatic carbocycles. The van der Waals surface area contributed by atoms with E-state index in [1.165, 1.54) is 12.1 Å². The van der Waals surface area contributed by atoms with Crippen LogP contribution in [0.25, 0.3) is 0 Å². The summed E-state index contributed by atoms with van der Waals surface area (Å²) in [7, 11) is -3.60. The second-order valence-corrected chi connectivity index (χ2v) is 7.71. The third-order valence-corrected chi connectivity index (χ3v) is 5.94. The summed E-state index contributed by atoms with van der Waals surface area (Å²) in [6, 6.07) is 4.36. The van der Waals surface area contributed by atoms with E-state index in [1.807, 2.05) is 0 Å². The normalized spacial score (nSPS) is 23.7. The number of hydrogen-bond acceptors (Lipinski definition) is 4. The summed E-state index contributed by atoms with van der Waals surface area (Å²) in [6.07, 6.45) is 3.63. The molecule has 4 N–H and O–H groups in total. The number of aliphatic hydroxyl groups excluding tert-OH is 1. The van der Waals surface area contributed by atoms with Gasteiger partial charge in [0.25, 0.3) is 0 Å². The van der Waals surface area contributed by atoms with E-state index in [0.29, 0.717) is 10.2 Å². The fourth-order valence-electron chi connectivity index (χ4n) is 2.54. The minimum atomic E-state index is -3.60. The number of nitrogens with one attached hydrogen (secondary N) is 1. The fourth-order valence-corrected chi connectivity index (χ4v) is 4.16. The van der Waals surface area contributed by atoms with Crippen molar-refractivity contribution in [1.82, 2.24) is 4.72 Å². The summed E-state index contributed by atoms with van der Waals surface area (Å²) in [4.78, 5) is 0.153. The Balaban J connectivity index is 2.19. The first-order valence-corrected chi connectivity index (χ1v) is 8.90. The van der Waals surface area contributed by atoms with Crippen molar-refractivity contribution >= 4 is 31.6 Å². The van der Waals surface area contributed by atoms with Crippen LogP contribution in [0.5, 0.6) is 0 Å². The van der Waals surface area contributed by atoms with Gasteiger partial charge in [0.1, 0.15) is 0 Å². The van der Waals surface area contributed by atoms with E-state index < -0.39 is 10.0 Å². The van der Waals surface area contributed by atoms with Crippen LogP contribution >= 0.6 is 15.9 Å². The third-order valence-electron chi connectivity index (χ3n) is 3.73. The molecule has 0 saturated heterocycles. The zero-order valence-corrected chi connectivity index (χ0v) is 13.5. The largest absolute Gasteiger partial charge is 0.398 e. The van der Waals surface area contributed by atoms with Gasteiger partial charge in [0, 0.05) is 22.8 Å². The highest BCUT2D eigenvalue weighted by atomic mass is 79.9. The number of sulfonamides is 1. The molecule has 1 saturated carbocycles. The molecule has 1 aliphatic rings. The molecule has 1 fully saturated rings. The van der Waals surface area contributed by atoms with Crippen molar-refractivity contribution in [1.29, 1.82) is 0 Å². The molecule has 0 radical (unpaired) electrons. The van der Waals surface area contributed by atoms with Gasteiger partial charge in [-0.3, -0.25) is 0 Å². The third kappa shape index (κ3) is 3.52. The lowest BCUT2D eigenvalue weighted by Crippen LogP contribution is -2.43. The van der Waals surface area contributed by atoms with Crippen LogP contribution in [0.1, 0.15) is 25.7 Å². The summed E-state index contributed by atoms with van der Waals surface area (Å²) in [5.74, 6) is -0.00804. The first-order chi connectivity index (χ1) is 9.44. The molecule has 0 amide bonds. The predicted molar refractivity (Wildman–Crippen MR) is 81.7 cm³/mol. The molecule has 5 nitrogen and oxygen atoms in total. The number of benzene rings is 1. The van der Waals surface area contributed by atoms with E-state index in [1.54, 1.807) is 6.07 Å². The maximum atomic E-state index is 12.4. The lowest BCUT2D eigenvalue weighted by molar-refractivity contribution is 0.164. The highest BCUT2D eigenvalue weighted by molar-refractivity contribution is 9.10. The molecular formula is C13H19BrN2O3S. The number of nitrogens with two attached hydrogens (primary N) is 1. The second-order valence-electron chi connectivity index (χ2n) is 5.14. The monoisotopic (exact) mass is 362 g/mol. The number of nitrogen functional groups attached to an aromatic ring is 1. The van der Waals surface area contributed by atoms with Crippen LogP contribution in [0.3, 0.4) is 0 Å². The van der Waals surface area contributed by atoms with Crippen LogP contribution < -0.4 is 10.5 Å². The van der Waals surface area contributed by atoms with E-state index in [-0.39, 0.29) is 23.5 Å². The zero-order chi connectivity index (χ0) is 14.8. The molecule has 0 bridgehead atoms. The van der Waals surface area contributed by atoms with E-state index in [2.05, 4.69) is 20.7 Å². The zero-order valence-electron chi connectivity index (χ0n) is 11.0. The Bertz CT molecular complexity index is 577. The molecule has 2 unspecified atom stereocenters. The Morgan fingerprint density at radius 1 is 1.35 bits per heavy atom. The highest BCUT2D eigenvalue weighted by Crippen LogP contribution is 2.27. The van der Waals surface area contributed by atoms with Crippen LogP contribution in [0.4, 0.5) is 5.69 Å². The minimum absolute atomic E-state index is 0.00804. The van der Waals surface area contributed by atoms with E-state index in [4.69, 9.17) is 5.73 Å². The van der Waals surface area contributed by atoms with Crippen LogP contribution in [0, 0.1) is 5.92 Å². The second kappa shape index (κ2) is 6.43. The smallest absolute Gasteiger partial charge is 0.240 e. The first kappa shape index (κ1) is 15.8. The van der Waals surface area contributed by atoms with E-state index in [9.17, 15) is 13.5 Å². The molecule has 7 heteroatoms. The molecule has 0 heterocycles. The van der Waals surface area contributed by atoms with Gasteiger partial charge >= 0.3 is 0 Å². The van der Waals surface area contributed by atoms with Crippen molar-refractivity contribution in [3.05, 3.63) is 22.7 Å². The van der Waals surface area contributed by atoms with Gasteiger partial charge in [0.15, 0.2) is 0 Å². The average Bonchev–Trinajstić information content (AvgIpc) is 2.42. The SMILES string of the molecule is Nc1cc(S(=O)(=O)NC2CCCCC2CO)ccc1Br. The van der Waals surface area contributed by atoms with Crippen molar-refractivity contribution in [2.45, 2.75) is 36.6 Å². The Hall–Kier alpha value is -0.630. The van der Waals surface area contributed by atoms with Crippen molar-refractivity contribution in [3.63, 3.8) is 0 Å². The molecule has 0 aromatic heterocycles. The fraction of sp³-hybridized carbons (Fsp3) is 0.538. The number of rotatable bonds is 4. The van der Waals surface area contributed by atoms with Crippen LogP contribution in [-0.4, -0.2) is 26.2 Å². The highest BCUT2D eigenvalue weighted by Gasteiger charge is 2.29.